The topological polar surface area (TPSA) is 44.1 Å². The van der Waals surface area contributed by atoms with Crippen LogP contribution in [0.5, 0.6) is 0 Å². The van der Waals surface area contributed by atoms with Crippen molar-refractivity contribution in [3.05, 3.63) is 218 Å². The van der Waals surface area contributed by atoms with Crippen LogP contribution >= 0.6 is 11.3 Å². The molecular weight excluding hydrogens is 825 g/mol. The van der Waals surface area contributed by atoms with Crippen molar-refractivity contribution in [2.24, 2.45) is 0 Å². The molecule has 0 unspecified atom stereocenters. The Bertz CT molecular complexity index is 4010. The predicted octanol–water partition coefficient (Wildman–Crippen LogP) is 17.5. The molecule has 66 heavy (non-hydrogen) atoms. The van der Waals surface area contributed by atoms with E-state index in [0.717, 1.165) is 115 Å². The van der Waals surface area contributed by atoms with Gasteiger partial charge >= 0.3 is 0 Å². The van der Waals surface area contributed by atoms with E-state index in [-0.39, 0.29) is 0 Å². The van der Waals surface area contributed by atoms with Crippen molar-refractivity contribution < 1.29 is 8.83 Å². The average Bonchev–Trinajstić information content (AvgIpc) is 4.17. The standard InChI is InChI=1S/C61H36N2O2S/c1-2-12-42(13-3-1)63-53-21-7-4-14-47(53)52-36-41(32-35-54(52)63)61-62-57-43(37-24-26-38(27-25-37)44-17-10-19-50-48-15-5-8-22-55(48)64-58(44)50)33-34-46(60(57)66-61)40-30-28-39(29-31-40)45-18-11-20-51-49-16-6-9-23-56(49)65-59(45)51/h1-36H. The highest BCUT2D eigenvalue weighted by atomic mass is 32.1. The lowest BCUT2D eigenvalue weighted by molar-refractivity contribution is 0.669. The number of nitrogens with zero attached hydrogens (tertiary/aromatic N) is 2. The minimum atomic E-state index is 0.901. The van der Waals surface area contributed by atoms with E-state index in [1.807, 2.05) is 24.3 Å². The molecule has 0 aliphatic rings. The van der Waals surface area contributed by atoms with Crippen molar-refractivity contribution in [3.63, 3.8) is 0 Å². The van der Waals surface area contributed by atoms with Crippen molar-refractivity contribution in [1.82, 2.24) is 9.55 Å². The molecule has 0 saturated carbocycles. The summed E-state index contributed by atoms with van der Waals surface area (Å²) in [6.45, 7) is 0. The minimum Gasteiger partial charge on any atom is -0.455 e. The Labute approximate surface area is 382 Å². The number of aromatic nitrogens is 2. The second-order valence-electron chi connectivity index (χ2n) is 17.0. The lowest BCUT2D eigenvalue weighted by Gasteiger charge is -2.10. The molecule has 4 heterocycles. The van der Waals surface area contributed by atoms with Gasteiger partial charge in [0.05, 0.1) is 21.3 Å². The van der Waals surface area contributed by atoms with Gasteiger partial charge in [-0.2, -0.15) is 0 Å². The van der Waals surface area contributed by atoms with Crippen LogP contribution in [0.25, 0.3) is 137 Å². The third-order valence-electron chi connectivity index (χ3n) is 13.3. The molecule has 0 aliphatic heterocycles. The predicted molar refractivity (Wildman–Crippen MR) is 276 cm³/mol. The van der Waals surface area contributed by atoms with Crippen LogP contribution in [0.4, 0.5) is 0 Å². The number of hydrogen-bond acceptors (Lipinski definition) is 4. The Morgan fingerprint density at radius 2 is 0.833 bits per heavy atom. The first kappa shape index (κ1) is 36.9. The van der Waals surface area contributed by atoms with Gasteiger partial charge in [-0.3, -0.25) is 0 Å². The molecule has 14 rings (SSSR count). The van der Waals surface area contributed by atoms with E-state index >= 15 is 0 Å². The molecule has 5 heteroatoms. The molecule has 308 valence electrons. The number of rotatable bonds is 6. The van der Waals surface area contributed by atoms with Gasteiger partial charge in [-0.05, 0) is 70.8 Å². The second-order valence-corrected chi connectivity index (χ2v) is 18.0. The Morgan fingerprint density at radius 1 is 0.348 bits per heavy atom. The van der Waals surface area contributed by atoms with Crippen LogP contribution in [0.1, 0.15) is 0 Å². The molecule has 0 N–H and O–H groups in total. The maximum Gasteiger partial charge on any atom is 0.143 e. The molecule has 0 saturated heterocycles. The first-order valence-corrected chi connectivity index (χ1v) is 23.1. The summed E-state index contributed by atoms with van der Waals surface area (Å²) >= 11 is 1.76. The molecule has 14 aromatic rings. The van der Waals surface area contributed by atoms with Crippen molar-refractivity contribution in [3.8, 4) is 60.8 Å². The Morgan fingerprint density at radius 3 is 1.47 bits per heavy atom. The van der Waals surface area contributed by atoms with Crippen LogP contribution < -0.4 is 0 Å². The van der Waals surface area contributed by atoms with E-state index < -0.39 is 0 Å². The summed E-state index contributed by atoms with van der Waals surface area (Å²) < 4.78 is 16.4. The summed E-state index contributed by atoms with van der Waals surface area (Å²) in [5, 5.41) is 7.93. The monoisotopic (exact) mass is 860 g/mol. The summed E-state index contributed by atoms with van der Waals surface area (Å²) in [6.07, 6.45) is 0. The molecular formula is C61H36N2O2S. The first-order valence-electron chi connectivity index (χ1n) is 22.3. The molecule has 0 aliphatic carbocycles. The molecule has 0 amide bonds. The summed E-state index contributed by atoms with van der Waals surface area (Å²) in [4.78, 5) is 5.55. The fraction of sp³-hybridized carbons (Fsp3) is 0. The average molecular weight is 861 g/mol. The van der Waals surface area contributed by atoms with E-state index in [9.17, 15) is 0 Å². The Balaban J connectivity index is 0.911. The van der Waals surface area contributed by atoms with Crippen LogP contribution in [-0.4, -0.2) is 9.55 Å². The van der Waals surface area contributed by atoms with Gasteiger partial charge in [0, 0.05) is 65.8 Å². The fourth-order valence-corrected chi connectivity index (χ4v) is 11.3. The summed E-state index contributed by atoms with van der Waals surface area (Å²) in [5.74, 6) is 0. The number of furan rings is 2. The van der Waals surface area contributed by atoms with Crippen LogP contribution in [0.15, 0.2) is 227 Å². The van der Waals surface area contributed by atoms with Gasteiger partial charge in [0.25, 0.3) is 0 Å². The number of fused-ring (bicyclic) bond motifs is 10. The van der Waals surface area contributed by atoms with E-state index in [4.69, 9.17) is 13.8 Å². The van der Waals surface area contributed by atoms with Gasteiger partial charge in [-0.1, -0.05) is 170 Å². The summed E-state index contributed by atoms with van der Waals surface area (Å²) in [5.41, 5.74) is 18.1. The Hall–Kier alpha value is -8.51. The largest absolute Gasteiger partial charge is 0.455 e. The SMILES string of the molecule is c1ccc(-n2c3ccccc3c3cc(-c4nc5c(-c6ccc(-c7cccc8c7oc7ccccc78)cc6)ccc(-c6ccc(-c7cccc8c7oc7ccccc78)cc6)c5s4)ccc32)cc1. The maximum absolute atomic E-state index is 6.44. The van der Waals surface area contributed by atoms with Gasteiger partial charge in [-0.25, -0.2) is 4.98 Å². The number of benzene rings is 10. The number of hydrogen-bond donors (Lipinski definition) is 0. The number of para-hydroxylation sites is 6. The van der Waals surface area contributed by atoms with Crippen LogP contribution in [0, 0.1) is 0 Å². The van der Waals surface area contributed by atoms with Gasteiger partial charge in [0.1, 0.15) is 27.3 Å². The second kappa shape index (κ2) is 14.5. The highest BCUT2D eigenvalue weighted by molar-refractivity contribution is 7.22. The van der Waals surface area contributed by atoms with E-state index in [1.165, 1.54) is 21.8 Å². The maximum atomic E-state index is 6.44. The third-order valence-corrected chi connectivity index (χ3v) is 14.4. The normalized spacial score (nSPS) is 11.9. The van der Waals surface area contributed by atoms with Gasteiger partial charge < -0.3 is 13.4 Å². The van der Waals surface area contributed by atoms with Crippen molar-refractivity contribution in [2.75, 3.05) is 0 Å². The molecule has 4 aromatic heterocycles. The summed E-state index contributed by atoms with van der Waals surface area (Å²) in [7, 11) is 0. The fourth-order valence-electron chi connectivity index (χ4n) is 10.2. The zero-order chi connectivity index (χ0) is 43.3. The third kappa shape index (κ3) is 5.67. The van der Waals surface area contributed by atoms with E-state index in [0.29, 0.717) is 0 Å². The van der Waals surface area contributed by atoms with Gasteiger partial charge in [-0.15, -0.1) is 11.3 Å². The zero-order valence-electron chi connectivity index (χ0n) is 35.4. The number of thiazole rings is 1. The lowest BCUT2D eigenvalue weighted by atomic mass is 9.95. The molecule has 4 nitrogen and oxygen atoms in total. The smallest absolute Gasteiger partial charge is 0.143 e. The molecule has 0 radical (unpaired) electrons. The van der Waals surface area contributed by atoms with Crippen LogP contribution in [0.2, 0.25) is 0 Å². The molecule has 10 aromatic carbocycles. The summed E-state index contributed by atoms with van der Waals surface area (Å²) in [6, 6.07) is 77.8. The van der Waals surface area contributed by atoms with Gasteiger partial charge in [0.15, 0.2) is 0 Å². The lowest BCUT2D eigenvalue weighted by Crippen LogP contribution is -1.92. The van der Waals surface area contributed by atoms with Crippen molar-refractivity contribution >= 4 is 87.2 Å². The zero-order valence-corrected chi connectivity index (χ0v) is 36.2. The van der Waals surface area contributed by atoms with Crippen molar-refractivity contribution in [1.29, 1.82) is 0 Å². The van der Waals surface area contributed by atoms with Gasteiger partial charge in [0.2, 0.25) is 0 Å². The highest BCUT2D eigenvalue weighted by Crippen LogP contribution is 2.45. The molecule has 0 spiro atoms. The molecule has 0 atom stereocenters. The molecule has 0 bridgehead atoms. The van der Waals surface area contributed by atoms with E-state index in [2.05, 4.69) is 199 Å². The van der Waals surface area contributed by atoms with Crippen LogP contribution in [0.3, 0.4) is 0 Å². The minimum absolute atomic E-state index is 0.901. The molecule has 0 fully saturated rings. The van der Waals surface area contributed by atoms with Crippen LogP contribution in [-0.2, 0) is 0 Å². The highest BCUT2D eigenvalue weighted by Gasteiger charge is 2.20. The quantitative estimate of drug-likeness (QED) is 0.167. The van der Waals surface area contributed by atoms with Crippen molar-refractivity contribution in [2.45, 2.75) is 0 Å². The first-order chi connectivity index (χ1) is 32.7. The Kier molecular flexibility index (Phi) is 8.12. The van der Waals surface area contributed by atoms with E-state index in [1.54, 1.807) is 11.3 Å².